The number of amides is 1. The van der Waals surface area contributed by atoms with Crippen molar-refractivity contribution in [1.82, 2.24) is 5.32 Å². The van der Waals surface area contributed by atoms with Gasteiger partial charge in [0.25, 0.3) is 0 Å². The molecular formula is C11H17F3N2O2. The molecule has 0 aromatic heterocycles. The fourth-order valence-corrected chi connectivity index (χ4v) is 2.40. The van der Waals surface area contributed by atoms with Gasteiger partial charge in [0.2, 0.25) is 5.91 Å². The van der Waals surface area contributed by atoms with Gasteiger partial charge in [-0.3, -0.25) is 4.79 Å². The van der Waals surface area contributed by atoms with Gasteiger partial charge in [0.1, 0.15) is 12.1 Å². The third kappa shape index (κ3) is 3.35. The van der Waals surface area contributed by atoms with Crippen LogP contribution in [0, 0.1) is 0 Å². The van der Waals surface area contributed by atoms with Crippen molar-refractivity contribution in [3.8, 4) is 0 Å². The molecule has 4 nitrogen and oxygen atoms in total. The minimum atomic E-state index is -4.33. The number of hydrogen-bond donors (Lipinski definition) is 2. The van der Waals surface area contributed by atoms with Crippen molar-refractivity contribution in [2.75, 3.05) is 6.61 Å². The van der Waals surface area contributed by atoms with E-state index in [2.05, 4.69) is 5.32 Å². The van der Waals surface area contributed by atoms with Crippen LogP contribution in [-0.2, 0) is 9.53 Å². The van der Waals surface area contributed by atoms with E-state index in [1.165, 1.54) is 0 Å². The third-order valence-corrected chi connectivity index (χ3v) is 3.48. The predicted octanol–water partition coefficient (Wildman–Crippen LogP) is 1.09. The topological polar surface area (TPSA) is 64.4 Å². The number of halogens is 3. The van der Waals surface area contributed by atoms with Crippen LogP contribution >= 0.6 is 0 Å². The van der Waals surface area contributed by atoms with Gasteiger partial charge >= 0.3 is 6.18 Å². The van der Waals surface area contributed by atoms with Gasteiger partial charge in [-0.1, -0.05) is 0 Å². The largest absolute Gasteiger partial charge is 0.411 e. The molecule has 0 aromatic carbocycles. The predicted molar refractivity (Wildman–Crippen MR) is 57.7 cm³/mol. The number of alkyl halides is 3. The van der Waals surface area contributed by atoms with E-state index in [4.69, 9.17) is 10.5 Å². The number of hydrogen-bond acceptors (Lipinski definition) is 3. The van der Waals surface area contributed by atoms with E-state index in [0.717, 1.165) is 12.8 Å². The van der Waals surface area contributed by atoms with Gasteiger partial charge in [-0.05, 0) is 25.7 Å². The van der Waals surface area contributed by atoms with E-state index < -0.39 is 30.3 Å². The first-order valence-electron chi connectivity index (χ1n) is 6.07. The van der Waals surface area contributed by atoms with E-state index in [-0.39, 0.29) is 12.5 Å². The summed E-state index contributed by atoms with van der Waals surface area (Å²) in [5.41, 5.74) is 4.50. The first-order chi connectivity index (χ1) is 8.31. The van der Waals surface area contributed by atoms with Gasteiger partial charge in [-0.25, -0.2) is 0 Å². The Morgan fingerprint density at radius 2 is 2.06 bits per heavy atom. The van der Waals surface area contributed by atoms with Crippen LogP contribution in [0.5, 0.6) is 0 Å². The van der Waals surface area contributed by atoms with Gasteiger partial charge in [0.05, 0.1) is 6.10 Å². The number of carbonyl (C=O) groups excluding carboxylic acids is 1. The zero-order chi connectivity index (χ0) is 13.4. The molecule has 0 radical (unpaired) electrons. The van der Waals surface area contributed by atoms with Crippen LogP contribution in [-0.4, -0.2) is 36.4 Å². The van der Waals surface area contributed by atoms with Gasteiger partial charge in [-0.15, -0.1) is 0 Å². The lowest BCUT2D eigenvalue weighted by atomic mass is 9.96. The van der Waals surface area contributed by atoms with E-state index in [1.54, 1.807) is 0 Å². The Kier molecular flexibility index (Phi) is 3.55. The maximum Gasteiger partial charge on any atom is 0.411 e. The second-order valence-electron chi connectivity index (χ2n) is 5.16. The fourth-order valence-electron chi connectivity index (χ4n) is 2.40. The van der Waals surface area contributed by atoms with Gasteiger partial charge in [-0.2, -0.15) is 13.2 Å². The van der Waals surface area contributed by atoms with Crippen LogP contribution in [0.1, 0.15) is 32.1 Å². The van der Waals surface area contributed by atoms with Crippen molar-refractivity contribution >= 4 is 5.91 Å². The van der Waals surface area contributed by atoms with Crippen LogP contribution in [0.3, 0.4) is 0 Å². The highest BCUT2D eigenvalue weighted by atomic mass is 19.4. The molecule has 0 spiro atoms. The van der Waals surface area contributed by atoms with Crippen molar-refractivity contribution < 1.29 is 22.7 Å². The SMILES string of the molecule is NC(=O)C1(NC2CC2)CCC(OCC(F)(F)F)C1. The monoisotopic (exact) mass is 266 g/mol. The van der Waals surface area contributed by atoms with Crippen molar-refractivity contribution in [3.05, 3.63) is 0 Å². The van der Waals surface area contributed by atoms with Crippen LogP contribution in [0.25, 0.3) is 0 Å². The summed E-state index contributed by atoms with van der Waals surface area (Å²) in [6.45, 7) is -1.27. The molecule has 0 bridgehead atoms. The Hall–Kier alpha value is -0.820. The van der Waals surface area contributed by atoms with E-state index >= 15 is 0 Å². The second-order valence-corrected chi connectivity index (χ2v) is 5.16. The minimum absolute atomic E-state index is 0.231. The summed E-state index contributed by atoms with van der Waals surface area (Å²) in [5.74, 6) is -0.493. The first kappa shape index (κ1) is 13.6. The molecule has 2 saturated carbocycles. The number of rotatable bonds is 5. The molecule has 1 amide bonds. The molecule has 2 fully saturated rings. The Labute approximate surface area is 103 Å². The average Bonchev–Trinajstić information content (AvgIpc) is 2.93. The Bertz CT molecular complexity index is 331. The number of nitrogens with one attached hydrogen (secondary N) is 1. The number of nitrogens with two attached hydrogens (primary N) is 1. The van der Waals surface area contributed by atoms with Crippen LogP contribution in [0.15, 0.2) is 0 Å². The Morgan fingerprint density at radius 1 is 1.39 bits per heavy atom. The molecule has 104 valence electrons. The highest BCUT2D eigenvalue weighted by Gasteiger charge is 2.47. The lowest BCUT2D eigenvalue weighted by Crippen LogP contribution is -2.54. The summed E-state index contributed by atoms with van der Waals surface area (Å²) in [7, 11) is 0. The molecule has 7 heteroatoms. The maximum absolute atomic E-state index is 12.0. The second kappa shape index (κ2) is 4.70. The highest BCUT2D eigenvalue weighted by Crippen LogP contribution is 2.36. The highest BCUT2D eigenvalue weighted by molar-refractivity contribution is 5.85. The number of primary amides is 1. The quantitative estimate of drug-likeness (QED) is 0.783. The molecule has 3 N–H and O–H groups in total. The summed E-state index contributed by atoms with van der Waals surface area (Å²) in [4.78, 5) is 11.5. The molecule has 2 atom stereocenters. The summed E-state index contributed by atoms with van der Waals surface area (Å²) in [5, 5.41) is 3.16. The van der Waals surface area contributed by atoms with Crippen LogP contribution in [0.2, 0.25) is 0 Å². The number of carbonyl (C=O) groups is 1. The van der Waals surface area contributed by atoms with E-state index in [1.807, 2.05) is 0 Å². The summed E-state index contributed by atoms with van der Waals surface area (Å²) in [6, 6.07) is 0.277. The van der Waals surface area contributed by atoms with Crippen molar-refractivity contribution in [1.29, 1.82) is 0 Å². The zero-order valence-electron chi connectivity index (χ0n) is 9.93. The molecule has 0 aliphatic heterocycles. The number of ether oxygens (including phenoxy) is 1. The molecule has 2 aliphatic rings. The molecule has 2 unspecified atom stereocenters. The van der Waals surface area contributed by atoms with Gasteiger partial charge < -0.3 is 15.8 Å². The molecule has 2 aliphatic carbocycles. The van der Waals surface area contributed by atoms with Crippen LogP contribution < -0.4 is 11.1 Å². The van der Waals surface area contributed by atoms with E-state index in [9.17, 15) is 18.0 Å². The van der Waals surface area contributed by atoms with Crippen molar-refractivity contribution in [2.24, 2.45) is 5.73 Å². The van der Waals surface area contributed by atoms with Crippen molar-refractivity contribution in [2.45, 2.75) is 56.0 Å². The van der Waals surface area contributed by atoms with Gasteiger partial charge in [0, 0.05) is 12.5 Å². The van der Waals surface area contributed by atoms with Gasteiger partial charge in [0.15, 0.2) is 0 Å². The lowest BCUT2D eigenvalue weighted by molar-refractivity contribution is -0.185. The molecular weight excluding hydrogens is 249 g/mol. The first-order valence-corrected chi connectivity index (χ1v) is 6.07. The molecule has 18 heavy (non-hydrogen) atoms. The lowest BCUT2D eigenvalue weighted by Gasteiger charge is -2.27. The molecule has 0 heterocycles. The van der Waals surface area contributed by atoms with Crippen LogP contribution in [0.4, 0.5) is 13.2 Å². The maximum atomic E-state index is 12.0. The molecule has 0 aromatic rings. The average molecular weight is 266 g/mol. The standard InChI is InChI=1S/C11H17F3N2O2/c12-11(13,14)6-18-8-3-4-10(5-8,9(15)17)16-7-1-2-7/h7-8,16H,1-6H2,(H2,15,17). The fraction of sp³-hybridized carbons (Fsp3) is 0.909. The van der Waals surface area contributed by atoms with E-state index in [0.29, 0.717) is 12.8 Å². The Morgan fingerprint density at radius 3 is 2.56 bits per heavy atom. The normalized spacial score (nSPS) is 32.7. The third-order valence-electron chi connectivity index (χ3n) is 3.48. The minimum Gasteiger partial charge on any atom is -0.369 e. The summed E-state index contributed by atoms with van der Waals surface area (Å²) in [6.07, 6.45) is -1.80. The zero-order valence-corrected chi connectivity index (χ0v) is 9.93. The smallest absolute Gasteiger partial charge is 0.369 e. The Balaban J connectivity index is 1.89. The summed E-state index contributed by atoms with van der Waals surface area (Å²) >= 11 is 0. The summed E-state index contributed by atoms with van der Waals surface area (Å²) < 4.78 is 40.9. The molecule has 0 saturated heterocycles. The van der Waals surface area contributed by atoms with Crippen molar-refractivity contribution in [3.63, 3.8) is 0 Å². The molecule has 2 rings (SSSR count).